The molecule has 3 aromatic rings. The number of aryl methyl sites for hydroxylation is 1. The van der Waals surface area contributed by atoms with Gasteiger partial charge in [0, 0.05) is 20.5 Å². The Morgan fingerprint density at radius 1 is 1.29 bits per heavy atom. The van der Waals surface area contributed by atoms with Crippen molar-refractivity contribution in [2.75, 3.05) is 12.4 Å². The van der Waals surface area contributed by atoms with Crippen molar-refractivity contribution in [3.63, 3.8) is 0 Å². The molecule has 1 N–H and O–H groups in total. The molecule has 6 nitrogen and oxygen atoms in total. The third-order valence-corrected chi connectivity index (χ3v) is 4.43. The molecule has 0 aromatic carbocycles. The number of aromatic nitrogens is 4. The van der Waals surface area contributed by atoms with Gasteiger partial charge in [-0.15, -0.1) is 0 Å². The van der Waals surface area contributed by atoms with Crippen LogP contribution in [0, 0.1) is 5.92 Å². The van der Waals surface area contributed by atoms with E-state index in [1.807, 2.05) is 18.7 Å². The molecular weight excluding hydrogens is 266 g/mol. The van der Waals surface area contributed by atoms with Crippen LogP contribution in [0.25, 0.3) is 22.3 Å². The summed E-state index contributed by atoms with van der Waals surface area (Å²) in [7, 11) is 3.82. The van der Waals surface area contributed by atoms with Crippen LogP contribution in [0.15, 0.2) is 10.7 Å². The van der Waals surface area contributed by atoms with Crippen molar-refractivity contribution < 1.29 is 4.42 Å². The van der Waals surface area contributed by atoms with E-state index in [1.165, 1.54) is 25.7 Å². The highest BCUT2D eigenvalue weighted by Crippen LogP contribution is 2.31. The Morgan fingerprint density at radius 3 is 2.86 bits per heavy atom. The number of nitrogens with one attached hydrogen (secondary N) is 1. The minimum Gasteiger partial charge on any atom is -0.422 e. The maximum Gasteiger partial charge on any atom is 0.251 e. The molecule has 21 heavy (non-hydrogen) atoms. The van der Waals surface area contributed by atoms with Gasteiger partial charge in [-0.25, -0.2) is 9.97 Å². The summed E-state index contributed by atoms with van der Waals surface area (Å²) in [6, 6.07) is 0. The summed E-state index contributed by atoms with van der Waals surface area (Å²) in [5, 5.41) is 3.08. The number of anilines is 1. The number of fused-ring (bicyclic) bond motifs is 3. The number of nitrogens with zero attached hydrogens (tertiary/aromatic N) is 4. The standard InChI is InChI=1S/C15H19N5O/c1-16-14-11-13(20(2)8-17-11)12-15(19-14)21-10(18-12)7-9-5-3-4-6-9/h8-9H,3-7H2,1-2H3,(H,16,19). The molecule has 0 atom stereocenters. The van der Waals surface area contributed by atoms with Crippen molar-refractivity contribution in [2.24, 2.45) is 13.0 Å². The smallest absolute Gasteiger partial charge is 0.251 e. The largest absolute Gasteiger partial charge is 0.422 e. The molecule has 0 amide bonds. The summed E-state index contributed by atoms with van der Waals surface area (Å²) >= 11 is 0. The van der Waals surface area contributed by atoms with E-state index in [-0.39, 0.29) is 0 Å². The highest BCUT2D eigenvalue weighted by molar-refractivity contribution is 6.03. The Labute approximate surface area is 122 Å². The third kappa shape index (κ3) is 1.97. The second-order valence-electron chi connectivity index (χ2n) is 5.88. The molecule has 110 valence electrons. The molecule has 0 radical (unpaired) electrons. The molecule has 0 aliphatic heterocycles. The van der Waals surface area contributed by atoms with Crippen molar-refractivity contribution >= 4 is 28.1 Å². The Bertz CT molecular complexity index is 797. The summed E-state index contributed by atoms with van der Waals surface area (Å²) < 4.78 is 7.88. The fourth-order valence-corrected chi connectivity index (χ4v) is 3.35. The molecule has 3 aromatic heterocycles. The fourth-order valence-electron chi connectivity index (χ4n) is 3.35. The second-order valence-corrected chi connectivity index (χ2v) is 5.88. The third-order valence-electron chi connectivity index (χ3n) is 4.43. The van der Waals surface area contributed by atoms with Gasteiger partial charge in [0.05, 0.1) is 6.33 Å². The minimum atomic E-state index is 0.600. The first-order chi connectivity index (χ1) is 10.3. The van der Waals surface area contributed by atoms with Crippen molar-refractivity contribution in [1.82, 2.24) is 19.5 Å². The molecule has 1 fully saturated rings. The summed E-state index contributed by atoms with van der Waals surface area (Å²) in [6.45, 7) is 0. The predicted octanol–water partition coefficient (Wildman–Crippen LogP) is 2.88. The van der Waals surface area contributed by atoms with Crippen LogP contribution in [0.5, 0.6) is 0 Å². The van der Waals surface area contributed by atoms with E-state index >= 15 is 0 Å². The highest BCUT2D eigenvalue weighted by atomic mass is 16.4. The maximum absolute atomic E-state index is 5.90. The number of hydrogen-bond donors (Lipinski definition) is 1. The number of hydrogen-bond acceptors (Lipinski definition) is 5. The lowest BCUT2D eigenvalue weighted by Crippen LogP contribution is -1.98. The summed E-state index contributed by atoms with van der Waals surface area (Å²) in [5.74, 6) is 2.26. The molecule has 4 rings (SSSR count). The summed E-state index contributed by atoms with van der Waals surface area (Å²) in [5.41, 5.74) is 3.24. The lowest BCUT2D eigenvalue weighted by Gasteiger charge is -2.03. The van der Waals surface area contributed by atoms with Crippen molar-refractivity contribution in [3.8, 4) is 0 Å². The second kappa shape index (κ2) is 4.72. The van der Waals surface area contributed by atoms with Gasteiger partial charge in [-0.2, -0.15) is 4.98 Å². The van der Waals surface area contributed by atoms with Crippen LogP contribution in [0.4, 0.5) is 5.82 Å². The average molecular weight is 285 g/mol. The lowest BCUT2D eigenvalue weighted by molar-refractivity contribution is 0.445. The lowest BCUT2D eigenvalue weighted by atomic mass is 10.0. The molecule has 1 aliphatic carbocycles. The van der Waals surface area contributed by atoms with Crippen LogP contribution in [0.2, 0.25) is 0 Å². The van der Waals surface area contributed by atoms with Crippen LogP contribution in [-0.2, 0) is 13.5 Å². The van der Waals surface area contributed by atoms with E-state index in [1.54, 1.807) is 6.33 Å². The molecule has 1 aliphatic rings. The predicted molar refractivity (Wildman–Crippen MR) is 81.3 cm³/mol. The van der Waals surface area contributed by atoms with Crippen molar-refractivity contribution in [2.45, 2.75) is 32.1 Å². The zero-order chi connectivity index (χ0) is 14.4. The van der Waals surface area contributed by atoms with E-state index in [0.717, 1.165) is 34.7 Å². The van der Waals surface area contributed by atoms with E-state index in [9.17, 15) is 0 Å². The Balaban J connectivity index is 1.85. The molecule has 3 heterocycles. The van der Waals surface area contributed by atoms with Gasteiger partial charge in [0.25, 0.3) is 5.71 Å². The molecule has 1 saturated carbocycles. The number of imidazole rings is 1. The fraction of sp³-hybridized carbons (Fsp3) is 0.533. The number of oxazole rings is 1. The normalized spacial score (nSPS) is 16.3. The van der Waals surface area contributed by atoms with Gasteiger partial charge in [-0.3, -0.25) is 0 Å². The van der Waals surface area contributed by atoms with Crippen LogP contribution in [0.1, 0.15) is 31.6 Å². The van der Waals surface area contributed by atoms with E-state index in [2.05, 4.69) is 15.3 Å². The van der Waals surface area contributed by atoms with Gasteiger partial charge >= 0.3 is 0 Å². The minimum absolute atomic E-state index is 0.600. The monoisotopic (exact) mass is 285 g/mol. The quantitative estimate of drug-likeness (QED) is 0.801. The van der Waals surface area contributed by atoms with E-state index in [4.69, 9.17) is 9.40 Å². The first-order valence-electron chi connectivity index (χ1n) is 7.54. The molecular formula is C15H19N5O. The van der Waals surface area contributed by atoms with Gasteiger partial charge < -0.3 is 14.3 Å². The Hall–Kier alpha value is -2.11. The van der Waals surface area contributed by atoms with Gasteiger partial charge in [0.2, 0.25) is 0 Å². The zero-order valence-electron chi connectivity index (χ0n) is 12.4. The number of rotatable bonds is 3. The van der Waals surface area contributed by atoms with Crippen molar-refractivity contribution in [1.29, 1.82) is 0 Å². The Morgan fingerprint density at radius 2 is 2.10 bits per heavy atom. The van der Waals surface area contributed by atoms with Gasteiger partial charge in [-0.1, -0.05) is 12.8 Å². The molecule has 6 heteroatoms. The molecule has 0 saturated heterocycles. The topological polar surface area (TPSA) is 68.8 Å². The van der Waals surface area contributed by atoms with Crippen LogP contribution < -0.4 is 5.32 Å². The zero-order valence-corrected chi connectivity index (χ0v) is 12.4. The SMILES string of the molecule is CNc1nc2oc(CC3CCCC3)nc2c2c1ncn2C. The van der Waals surface area contributed by atoms with E-state index < -0.39 is 0 Å². The van der Waals surface area contributed by atoms with E-state index in [0.29, 0.717) is 11.6 Å². The van der Waals surface area contributed by atoms with Crippen LogP contribution in [-0.4, -0.2) is 26.6 Å². The molecule has 0 bridgehead atoms. The van der Waals surface area contributed by atoms with Crippen molar-refractivity contribution in [3.05, 3.63) is 12.2 Å². The van der Waals surface area contributed by atoms with Crippen LogP contribution in [0.3, 0.4) is 0 Å². The summed E-state index contributed by atoms with van der Waals surface area (Å²) in [6.07, 6.45) is 7.95. The molecule has 0 unspecified atom stereocenters. The average Bonchev–Trinajstić information content (AvgIpc) is 3.18. The number of pyridine rings is 1. The van der Waals surface area contributed by atoms with Gasteiger partial charge in [-0.05, 0) is 18.8 Å². The highest BCUT2D eigenvalue weighted by Gasteiger charge is 2.21. The molecule has 0 spiro atoms. The Kier molecular flexibility index (Phi) is 2.83. The first kappa shape index (κ1) is 12.6. The van der Waals surface area contributed by atoms with Gasteiger partial charge in [0.1, 0.15) is 11.0 Å². The summed E-state index contributed by atoms with van der Waals surface area (Å²) in [4.78, 5) is 13.6. The van der Waals surface area contributed by atoms with Crippen LogP contribution >= 0.6 is 0 Å². The maximum atomic E-state index is 5.90. The first-order valence-corrected chi connectivity index (χ1v) is 7.54. The van der Waals surface area contributed by atoms with Gasteiger partial charge in [0.15, 0.2) is 17.2 Å².